The first kappa shape index (κ1) is 16.3. The number of carbonyl (C=O) groups is 1. The molecule has 1 aliphatic rings. The normalized spacial score (nSPS) is 13.9. The van der Waals surface area contributed by atoms with Gasteiger partial charge in [0.1, 0.15) is 9.71 Å². The standard InChI is InChI=1S/C22H19N3OS/c1-13-8-9-15-12-16-19(23)20(27-21(16)24-17(15)11-13)22(26)25-10-4-6-14-5-2-3-7-18(14)25/h2-3,5,7-9,11-12H,4,6,10,23H2,1H3. The minimum absolute atomic E-state index is 0.0251. The van der Waals surface area contributed by atoms with Crippen LogP contribution in [-0.2, 0) is 6.42 Å². The molecule has 1 amide bonds. The topological polar surface area (TPSA) is 59.2 Å². The van der Waals surface area contributed by atoms with Gasteiger partial charge in [0.25, 0.3) is 5.91 Å². The molecule has 0 saturated heterocycles. The van der Waals surface area contributed by atoms with Gasteiger partial charge < -0.3 is 10.6 Å². The van der Waals surface area contributed by atoms with Gasteiger partial charge in [0.05, 0.1) is 11.2 Å². The van der Waals surface area contributed by atoms with Crippen molar-refractivity contribution in [3.05, 3.63) is 64.5 Å². The lowest BCUT2D eigenvalue weighted by Gasteiger charge is -2.29. The van der Waals surface area contributed by atoms with Crippen LogP contribution in [0.25, 0.3) is 21.1 Å². The molecule has 0 aliphatic carbocycles. The number of amides is 1. The number of pyridine rings is 1. The van der Waals surface area contributed by atoms with E-state index >= 15 is 0 Å². The summed E-state index contributed by atoms with van der Waals surface area (Å²) >= 11 is 1.39. The van der Waals surface area contributed by atoms with Crippen molar-refractivity contribution in [2.75, 3.05) is 17.2 Å². The van der Waals surface area contributed by atoms with Crippen LogP contribution < -0.4 is 10.6 Å². The van der Waals surface area contributed by atoms with E-state index in [-0.39, 0.29) is 5.91 Å². The molecular weight excluding hydrogens is 354 g/mol. The van der Waals surface area contributed by atoms with Crippen molar-refractivity contribution in [2.24, 2.45) is 0 Å². The zero-order valence-electron chi connectivity index (χ0n) is 15.0. The number of carbonyl (C=O) groups excluding carboxylic acids is 1. The van der Waals surface area contributed by atoms with Crippen LogP contribution in [0, 0.1) is 6.92 Å². The van der Waals surface area contributed by atoms with Gasteiger partial charge in [0, 0.05) is 23.0 Å². The molecule has 0 radical (unpaired) electrons. The van der Waals surface area contributed by atoms with Crippen LogP contribution >= 0.6 is 11.3 Å². The SMILES string of the molecule is Cc1ccc2cc3c(N)c(C(=O)N4CCCc5ccccc54)sc3nc2c1. The molecule has 5 heteroatoms. The van der Waals surface area contributed by atoms with E-state index in [2.05, 4.69) is 31.2 Å². The second-order valence-corrected chi connectivity index (χ2v) is 8.07. The van der Waals surface area contributed by atoms with Crippen molar-refractivity contribution in [1.29, 1.82) is 0 Å². The first-order valence-electron chi connectivity index (χ1n) is 9.11. The summed E-state index contributed by atoms with van der Waals surface area (Å²) < 4.78 is 0. The van der Waals surface area contributed by atoms with Crippen molar-refractivity contribution in [2.45, 2.75) is 19.8 Å². The Kier molecular flexibility index (Phi) is 3.65. The maximum Gasteiger partial charge on any atom is 0.270 e. The third-order valence-electron chi connectivity index (χ3n) is 5.22. The number of aryl methyl sites for hydroxylation is 2. The van der Waals surface area contributed by atoms with E-state index < -0.39 is 0 Å². The Morgan fingerprint density at radius 1 is 1.19 bits per heavy atom. The number of nitrogens with zero attached hydrogens (tertiary/aromatic N) is 2. The molecule has 2 aromatic carbocycles. The van der Waals surface area contributed by atoms with E-state index in [0.29, 0.717) is 10.6 Å². The molecule has 2 aromatic heterocycles. The number of anilines is 2. The quantitative estimate of drug-likeness (QED) is 0.514. The number of hydrogen-bond donors (Lipinski definition) is 1. The Morgan fingerprint density at radius 2 is 2.04 bits per heavy atom. The molecule has 0 unspecified atom stereocenters. The second kappa shape index (κ2) is 6.06. The van der Waals surface area contributed by atoms with Crippen molar-refractivity contribution in [1.82, 2.24) is 4.98 Å². The first-order chi connectivity index (χ1) is 13.1. The lowest BCUT2D eigenvalue weighted by atomic mass is 10.0. The fourth-order valence-electron chi connectivity index (χ4n) is 3.83. The average Bonchev–Trinajstić information content (AvgIpc) is 3.01. The first-order valence-corrected chi connectivity index (χ1v) is 9.92. The van der Waals surface area contributed by atoms with Gasteiger partial charge in [0.2, 0.25) is 0 Å². The highest BCUT2D eigenvalue weighted by Gasteiger charge is 2.27. The molecule has 0 atom stereocenters. The molecule has 4 aromatic rings. The zero-order chi connectivity index (χ0) is 18.5. The van der Waals surface area contributed by atoms with Gasteiger partial charge in [-0.2, -0.15) is 0 Å². The molecule has 0 fully saturated rings. The fraction of sp³-hybridized carbons (Fsp3) is 0.182. The highest BCUT2D eigenvalue weighted by atomic mass is 32.1. The Bertz CT molecular complexity index is 1210. The lowest BCUT2D eigenvalue weighted by molar-refractivity contribution is 0.0990. The number of nitrogens with two attached hydrogens (primary N) is 1. The number of nitrogen functional groups attached to an aromatic ring is 1. The van der Waals surface area contributed by atoms with E-state index in [9.17, 15) is 4.79 Å². The van der Waals surface area contributed by atoms with E-state index in [1.807, 2.05) is 29.2 Å². The summed E-state index contributed by atoms with van der Waals surface area (Å²) in [5.41, 5.74) is 11.3. The zero-order valence-corrected chi connectivity index (χ0v) is 15.8. The maximum atomic E-state index is 13.3. The second-order valence-electron chi connectivity index (χ2n) is 7.07. The molecule has 3 heterocycles. The Hall–Kier alpha value is -2.92. The molecular formula is C22H19N3OS. The molecule has 1 aliphatic heterocycles. The Balaban J connectivity index is 1.64. The van der Waals surface area contributed by atoms with Crippen LogP contribution in [0.1, 0.15) is 27.2 Å². The predicted molar refractivity (Wildman–Crippen MR) is 113 cm³/mol. The molecule has 27 heavy (non-hydrogen) atoms. The van der Waals surface area contributed by atoms with Crippen molar-refractivity contribution in [3.8, 4) is 0 Å². The maximum absolute atomic E-state index is 13.3. The minimum Gasteiger partial charge on any atom is -0.397 e. The number of aromatic nitrogens is 1. The van der Waals surface area contributed by atoms with E-state index in [0.717, 1.165) is 46.2 Å². The number of rotatable bonds is 1. The Morgan fingerprint density at radius 3 is 2.93 bits per heavy atom. The summed E-state index contributed by atoms with van der Waals surface area (Å²) in [6, 6.07) is 16.3. The van der Waals surface area contributed by atoms with E-state index in [1.54, 1.807) is 0 Å². The monoisotopic (exact) mass is 373 g/mol. The number of fused-ring (bicyclic) bond motifs is 3. The van der Waals surface area contributed by atoms with Crippen LogP contribution in [0.2, 0.25) is 0 Å². The van der Waals surface area contributed by atoms with Gasteiger partial charge in [0.15, 0.2) is 0 Å². The van der Waals surface area contributed by atoms with Crippen LogP contribution in [0.4, 0.5) is 11.4 Å². The molecule has 0 bridgehead atoms. The van der Waals surface area contributed by atoms with E-state index in [1.165, 1.54) is 22.5 Å². The predicted octanol–water partition coefficient (Wildman–Crippen LogP) is 4.93. The largest absolute Gasteiger partial charge is 0.397 e. The summed E-state index contributed by atoms with van der Waals surface area (Å²) in [7, 11) is 0. The van der Waals surface area contributed by atoms with Gasteiger partial charge >= 0.3 is 0 Å². The fourth-order valence-corrected chi connectivity index (χ4v) is 4.86. The van der Waals surface area contributed by atoms with Crippen LogP contribution in [0.5, 0.6) is 0 Å². The summed E-state index contributed by atoms with van der Waals surface area (Å²) in [6.07, 6.45) is 1.98. The number of para-hydroxylation sites is 1. The minimum atomic E-state index is -0.0251. The van der Waals surface area contributed by atoms with Gasteiger partial charge in [-0.3, -0.25) is 4.79 Å². The lowest BCUT2D eigenvalue weighted by Crippen LogP contribution is -2.35. The summed E-state index contributed by atoms with van der Waals surface area (Å²) in [5.74, 6) is -0.0251. The molecule has 0 spiro atoms. The van der Waals surface area contributed by atoms with Crippen molar-refractivity contribution in [3.63, 3.8) is 0 Å². The smallest absolute Gasteiger partial charge is 0.270 e. The number of thiophene rings is 1. The third-order valence-corrected chi connectivity index (χ3v) is 6.32. The molecule has 0 saturated carbocycles. The van der Waals surface area contributed by atoms with Gasteiger partial charge in [-0.15, -0.1) is 11.3 Å². The Labute approximate surface area is 161 Å². The van der Waals surface area contributed by atoms with E-state index in [4.69, 9.17) is 10.7 Å². The molecule has 5 rings (SSSR count). The molecule has 4 nitrogen and oxygen atoms in total. The van der Waals surface area contributed by atoms with Crippen molar-refractivity contribution < 1.29 is 4.79 Å². The van der Waals surface area contributed by atoms with Gasteiger partial charge in [-0.05, 0) is 49.1 Å². The van der Waals surface area contributed by atoms with Gasteiger partial charge in [-0.1, -0.05) is 30.3 Å². The summed E-state index contributed by atoms with van der Waals surface area (Å²) in [5, 5.41) is 1.91. The molecule has 134 valence electrons. The number of hydrogen-bond acceptors (Lipinski definition) is 4. The van der Waals surface area contributed by atoms with Gasteiger partial charge in [-0.25, -0.2) is 4.98 Å². The highest BCUT2D eigenvalue weighted by molar-refractivity contribution is 7.21. The summed E-state index contributed by atoms with van der Waals surface area (Å²) in [6.45, 7) is 2.77. The van der Waals surface area contributed by atoms with Crippen molar-refractivity contribution >= 4 is 49.7 Å². The number of benzene rings is 2. The summed E-state index contributed by atoms with van der Waals surface area (Å²) in [4.78, 5) is 21.4. The van der Waals surface area contributed by atoms with Crippen LogP contribution in [-0.4, -0.2) is 17.4 Å². The third kappa shape index (κ3) is 2.58. The van der Waals surface area contributed by atoms with Crippen LogP contribution in [0.15, 0.2) is 48.5 Å². The average molecular weight is 373 g/mol. The van der Waals surface area contributed by atoms with Crippen LogP contribution in [0.3, 0.4) is 0 Å². The molecule has 2 N–H and O–H groups in total. The highest BCUT2D eigenvalue weighted by Crippen LogP contribution is 2.37.